The first kappa shape index (κ1) is 23.1. The summed E-state index contributed by atoms with van der Waals surface area (Å²) in [5.41, 5.74) is 7.47. The molecule has 0 bridgehead atoms. The Morgan fingerprint density at radius 3 is 2.78 bits per heavy atom. The lowest BCUT2D eigenvalue weighted by molar-refractivity contribution is -0.136. The third-order valence-corrected chi connectivity index (χ3v) is 7.14. The van der Waals surface area contributed by atoms with Gasteiger partial charge in [0.2, 0.25) is 5.89 Å². The lowest BCUT2D eigenvalue weighted by atomic mass is 9.96. The van der Waals surface area contributed by atoms with Gasteiger partial charge in [0, 0.05) is 18.2 Å². The number of aliphatic carboxylic acids is 1. The van der Waals surface area contributed by atoms with Crippen LogP contribution in [0.15, 0.2) is 46.9 Å². The molecule has 0 saturated carbocycles. The van der Waals surface area contributed by atoms with Gasteiger partial charge in [0.15, 0.2) is 17.1 Å². The number of hydrogen-bond donors (Lipinski definition) is 2. The maximum atomic E-state index is 10.9. The molecule has 2 aliphatic rings. The topological polar surface area (TPSA) is 118 Å². The van der Waals surface area contributed by atoms with Crippen LogP contribution in [-0.4, -0.2) is 35.8 Å². The van der Waals surface area contributed by atoms with E-state index < -0.39 is 5.97 Å². The van der Waals surface area contributed by atoms with Crippen molar-refractivity contribution in [2.75, 3.05) is 19.8 Å². The van der Waals surface area contributed by atoms with E-state index in [-0.39, 0.29) is 12.5 Å². The summed E-state index contributed by atoms with van der Waals surface area (Å²) in [5.74, 6) is 1.10. The van der Waals surface area contributed by atoms with E-state index in [0.717, 1.165) is 57.7 Å². The standard InChI is InChI=1S/C29H25N3O5/c1-16-18(17-5-8-25-26(13-17)36-12-11-35-25)3-2-4-19(16)29-32-24-14-21-20(22(15-30)28(24)37-29)6-7-23(21)31-10-9-27(33)34/h2-5,8,13-14,23,31H,6-7,9-12H2,1H3,(H,33,34)/t23-/m1/s1. The summed E-state index contributed by atoms with van der Waals surface area (Å²) < 4.78 is 17.7. The minimum absolute atomic E-state index is 0.00808. The van der Waals surface area contributed by atoms with E-state index in [0.29, 0.717) is 42.3 Å². The fourth-order valence-electron chi connectivity index (χ4n) is 5.34. The fraction of sp³-hybridized carbons (Fsp3) is 0.276. The molecular weight excluding hydrogens is 470 g/mol. The Kier molecular flexibility index (Phi) is 5.78. The normalized spacial score (nSPS) is 15.9. The average molecular weight is 496 g/mol. The van der Waals surface area contributed by atoms with E-state index in [1.54, 1.807) is 0 Å². The highest BCUT2D eigenvalue weighted by molar-refractivity contribution is 5.86. The lowest BCUT2D eigenvalue weighted by Crippen LogP contribution is -2.22. The van der Waals surface area contributed by atoms with Crippen LogP contribution >= 0.6 is 0 Å². The van der Waals surface area contributed by atoms with Gasteiger partial charge in [0.25, 0.3) is 0 Å². The van der Waals surface area contributed by atoms with Crippen LogP contribution in [0.3, 0.4) is 0 Å². The number of carboxylic acids is 1. The molecule has 1 aliphatic heterocycles. The Morgan fingerprint density at radius 1 is 1.16 bits per heavy atom. The quantitative estimate of drug-likeness (QED) is 0.376. The first-order valence-corrected chi connectivity index (χ1v) is 12.3. The predicted molar refractivity (Wildman–Crippen MR) is 137 cm³/mol. The molecule has 1 atom stereocenters. The molecule has 2 N–H and O–H groups in total. The zero-order chi connectivity index (χ0) is 25.5. The van der Waals surface area contributed by atoms with Crippen LogP contribution in [0.1, 0.15) is 41.1 Å². The third kappa shape index (κ3) is 4.07. The van der Waals surface area contributed by atoms with E-state index >= 15 is 0 Å². The van der Waals surface area contributed by atoms with Crippen molar-refractivity contribution in [3.8, 4) is 40.1 Å². The van der Waals surface area contributed by atoms with Crippen molar-refractivity contribution in [2.24, 2.45) is 0 Å². The molecule has 4 aromatic rings. The Hall–Kier alpha value is -4.35. The highest BCUT2D eigenvalue weighted by atomic mass is 16.6. The van der Waals surface area contributed by atoms with Crippen molar-refractivity contribution in [2.45, 2.75) is 32.2 Å². The molecule has 6 rings (SSSR count). The van der Waals surface area contributed by atoms with Crippen LogP contribution in [0.25, 0.3) is 33.7 Å². The van der Waals surface area contributed by atoms with Crippen LogP contribution < -0.4 is 14.8 Å². The highest BCUT2D eigenvalue weighted by Gasteiger charge is 2.29. The number of oxazole rings is 1. The Balaban J connectivity index is 1.38. The summed E-state index contributed by atoms with van der Waals surface area (Å²) in [6.07, 6.45) is 1.58. The molecular formula is C29H25N3O5. The molecule has 8 nitrogen and oxygen atoms in total. The van der Waals surface area contributed by atoms with Crippen LogP contribution in [0.2, 0.25) is 0 Å². The predicted octanol–water partition coefficient (Wildman–Crippen LogP) is 5.16. The number of rotatable bonds is 6. The fourth-order valence-corrected chi connectivity index (χ4v) is 5.34. The van der Waals surface area contributed by atoms with E-state index in [1.165, 1.54) is 0 Å². The summed E-state index contributed by atoms with van der Waals surface area (Å²) in [5, 5.41) is 22.3. The van der Waals surface area contributed by atoms with Gasteiger partial charge in [0.05, 0.1) is 6.42 Å². The van der Waals surface area contributed by atoms with Gasteiger partial charge in [-0.05, 0) is 71.8 Å². The second-order valence-electron chi connectivity index (χ2n) is 9.32. The SMILES string of the molecule is Cc1c(-c2ccc3c(c2)OCCO3)cccc1-c1nc2cc3c(c(C#N)c2o1)CC[C@H]3NCCC(=O)O. The highest BCUT2D eigenvalue weighted by Crippen LogP contribution is 2.41. The maximum Gasteiger partial charge on any atom is 0.304 e. The number of aromatic nitrogens is 1. The molecule has 37 heavy (non-hydrogen) atoms. The lowest BCUT2D eigenvalue weighted by Gasteiger charge is -2.19. The van der Waals surface area contributed by atoms with Gasteiger partial charge in [0.1, 0.15) is 30.4 Å². The second-order valence-corrected chi connectivity index (χ2v) is 9.32. The minimum atomic E-state index is -0.839. The van der Waals surface area contributed by atoms with E-state index in [1.807, 2.05) is 43.3 Å². The summed E-state index contributed by atoms with van der Waals surface area (Å²) >= 11 is 0. The molecule has 1 aliphatic carbocycles. The van der Waals surface area contributed by atoms with Crippen LogP contribution in [-0.2, 0) is 11.2 Å². The van der Waals surface area contributed by atoms with E-state index in [4.69, 9.17) is 24.0 Å². The molecule has 1 aromatic heterocycles. The Labute approximate surface area is 213 Å². The maximum absolute atomic E-state index is 10.9. The summed E-state index contributed by atoms with van der Waals surface area (Å²) in [4.78, 5) is 15.7. The van der Waals surface area contributed by atoms with Gasteiger partial charge in [-0.25, -0.2) is 4.98 Å². The summed E-state index contributed by atoms with van der Waals surface area (Å²) in [7, 11) is 0. The molecule has 2 heterocycles. The third-order valence-electron chi connectivity index (χ3n) is 7.14. The molecule has 0 spiro atoms. The van der Waals surface area contributed by atoms with E-state index in [9.17, 15) is 10.1 Å². The average Bonchev–Trinajstić information content (AvgIpc) is 3.51. The van der Waals surface area contributed by atoms with Crippen molar-refractivity contribution in [3.05, 3.63) is 64.7 Å². The molecule has 3 aromatic carbocycles. The number of nitrogens with one attached hydrogen (secondary N) is 1. The number of ether oxygens (including phenoxy) is 2. The number of fused-ring (bicyclic) bond motifs is 3. The number of nitriles is 1. The van der Waals surface area contributed by atoms with Crippen LogP contribution in [0, 0.1) is 18.3 Å². The van der Waals surface area contributed by atoms with Gasteiger partial charge in [-0.15, -0.1) is 0 Å². The summed E-state index contributed by atoms with van der Waals surface area (Å²) in [6, 6.07) is 16.2. The molecule has 186 valence electrons. The zero-order valence-corrected chi connectivity index (χ0v) is 20.3. The molecule has 8 heteroatoms. The first-order valence-electron chi connectivity index (χ1n) is 12.3. The van der Waals surface area contributed by atoms with Crippen molar-refractivity contribution < 1.29 is 23.8 Å². The number of benzene rings is 3. The Bertz CT molecular complexity index is 1580. The van der Waals surface area contributed by atoms with Gasteiger partial charge in [-0.2, -0.15) is 5.26 Å². The number of nitrogens with zero attached hydrogens (tertiary/aromatic N) is 2. The van der Waals surface area contributed by atoms with Crippen molar-refractivity contribution in [3.63, 3.8) is 0 Å². The molecule has 0 fully saturated rings. The molecule has 0 unspecified atom stereocenters. The second kappa shape index (κ2) is 9.26. The van der Waals surface area contributed by atoms with Gasteiger partial charge >= 0.3 is 5.97 Å². The summed E-state index contributed by atoms with van der Waals surface area (Å²) in [6.45, 7) is 3.48. The van der Waals surface area contributed by atoms with Crippen LogP contribution in [0.5, 0.6) is 11.5 Å². The monoisotopic (exact) mass is 495 g/mol. The van der Waals surface area contributed by atoms with Crippen molar-refractivity contribution >= 4 is 17.1 Å². The van der Waals surface area contributed by atoms with E-state index in [2.05, 4.69) is 17.5 Å². The smallest absolute Gasteiger partial charge is 0.304 e. The van der Waals surface area contributed by atoms with Crippen molar-refractivity contribution in [1.82, 2.24) is 10.3 Å². The van der Waals surface area contributed by atoms with Crippen molar-refractivity contribution in [1.29, 1.82) is 5.26 Å². The first-order chi connectivity index (χ1) is 18.0. The minimum Gasteiger partial charge on any atom is -0.486 e. The number of carboxylic acid groups (broad SMARTS) is 1. The molecule has 0 radical (unpaired) electrons. The largest absolute Gasteiger partial charge is 0.486 e. The molecule has 0 amide bonds. The number of hydrogen-bond acceptors (Lipinski definition) is 7. The zero-order valence-electron chi connectivity index (χ0n) is 20.3. The van der Waals surface area contributed by atoms with Gasteiger partial charge < -0.3 is 24.3 Å². The Morgan fingerprint density at radius 2 is 1.97 bits per heavy atom. The van der Waals surface area contributed by atoms with Gasteiger partial charge in [-0.3, -0.25) is 4.79 Å². The van der Waals surface area contributed by atoms with Crippen LogP contribution in [0.4, 0.5) is 0 Å². The van der Waals surface area contributed by atoms with Gasteiger partial charge in [-0.1, -0.05) is 18.2 Å². The molecule has 0 saturated heterocycles. The number of carbonyl (C=O) groups is 1.